The van der Waals surface area contributed by atoms with Crippen molar-refractivity contribution in [1.29, 1.82) is 0 Å². The summed E-state index contributed by atoms with van der Waals surface area (Å²) in [5.41, 5.74) is 35.5. The minimum atomic E-state index is -2.13. The zero-order valence-corrected chi connectivity index (χ0v) is 74.4. The predicted octanol–water partition coefficient (Wildman–Crippen LogP) is 24.8. The number of pyridine rings is 5. The van der Waals surface area contributed by atoms with Gasteiger partial charge in [-0.3, -0.25) is 0 Å². The fraction of sp³-hybridized carbons (Fsp3) is 0.486. The van der Waals surface area contributed by atoms with Gasteiger partial charge in [-0.2, -0.15) is 0 Å². The number of hydrogen-bond donors (Lipinski definition) is 0. The number of fused-ring (bicyclic) bond motifs is 9. The van der Waals surface area contributed by atoms with Gasteiger partial charge in [-0.1, -0.05) is 202 Å². The third-order valence-electron chi connectivity index (χ3n) is 28.0. The fourth-order valence-electron chi connectivity index (χ4n) is 19.9. The number of benzene rings is 5. The van der Waals surface area contributed by atoms with Crippen molar-refractivity contribution >= 4 is 0 Å². The lowest BCUT2D eigenvalue weighted by molar-refractivity contribution is -0.661. The van der Waals surface area contributed by atoms with Crippen molar-refractivity contribution in [3.63, 3.8) is 0 Å². The fourth-order valence-corrected chi connectivity index (χ4v) is 19.9. The molecule has 0 amide bonds. The maximum absolute atomic E-state index is 9.36. The number of aryl methyl sites for hydroxylation is 13. The van der Waals surface area contributed by atoms with E-state index in [1.807, 2.05) is 63.7 Å². The van der Waals surface area contributed by atoms with E-state index in [0.29, 0.717) is 24.0 Å². The predicted molar refractivity (Wildman–Crippen MR) is 473 cm³/mol. The highest BCUT2D eigenvalue weighted by molar-refractivity contribution is 5.71. The molecular weight excluding hydrogens is 1360 g/mol. The minimum absolute atomic E-state index is 0.153. The quantitative estimate of drug-likeness (QED) is 0.153. The standard InChI is InChI=1S/2C22H30N.C21H26N.2C21H28N/c2*1-15-8-9-17(16(2)12-15)20-13-18-19(14-23(20)7)22(5,6)11-10-21(18,3)4;1-13-6-7-15(14(2)12-13)20-19-16(10-11-22(20)5)17-8-9-18(19)21(17,3)4;1-15-13-17-18(21(4,5)11-10-20(17,2)3)14-16(15)19-9-7-8-12-22(19)6;1-15-9-7-8-10-16(15)19-13-17-18(14-22(19)6)21(4,5)12-11-20(17,2)3/h2*8-9,12-14H,10-11H2,1-7H3;6-7,10-12,17-18H,8-9H2,1-5H3;7-9,12-14H,10-11H2,1-6H3;7-10,13-14H,11-12H2,1-6H3/q5*+1/i1D3;;1D3,17D,18D;;. The van der Waals surface area contributed by atoms with E-state index in [9.17, 15) is 2.74 Å². The van der Waals surface area contributed by atoms with E-state index >= 15 is 0 Å². The molecule has 112 heavy (non-hydrogen) atoms. The van der Waals surface area contributed by atoms with Crippen LogP contribution in [0, 0.1) is 60.7 Å². The smallest absolute Gasteiger partial charge is 0.201 e. The zero-order valence-electron chi connectivity index (χ0n) is 82.4. The van der Waals surface area contributed by atoms with Crippen molar-refractivity contribution in [1.82, 2.24) is 0 Å². The van der Waals surface area contributed by atoms with Crippen LogP contribution in [0.1, 0.15) is 312 Å². The molecule has 0 N–H and O–H groups in total. The van der Waals surface area contributed by atoms with Crippen molar-refractivity contribution in [2.24, 2.45) is 40.7 Å². The molecule has 5 heterocycles. The second-order valence-corrected chi connectivity index (χ2v) is 40.6. The SMILES string of the molecule is Cc1cc2c(cc1-c1cccc[n+]1C)C(C)(C)CCC2(C)C.Cc1ccc(-c2cc3c(c[n+]2C)C(C)(C)CCC3(C)C)c(C)c1.Cc1ccccc1-c1cc2c(c[n+]1C)C(C)(C)CCC2(C)C.[2H]C([2H])([2H])c1ccc(-c2c3c(cc[n+]2C)C2([2H])CCC3([2H])C2(C)C)c(C)c1.[2H]C([2H])([2H])c1ccc(-c2cc3c(c[n+]2C)C(C)(C)CCC3(C)C)c(C)c1. The molecule has 10 aromatic rings. The van der Waals surface area contributed by atoms with Crippen LogP contribution in [-0.2, 0) is 78.6 Å². The Bertz CT molecular complexity index is 5510. The molecular formula is C107H142N5+5. The first-order valence-electron chi connectivity index (χ1n) is 45.9. The number of aromatic nitrogens is 5. The number of hydrogen-bond acceptors (Lipinski definition) is 0. The molecule has 6 aliphatic carbocycles. The van der Waals surface area contributed by atoms with Crippen LogP contribution in [0.5, 0.6) is 0 Å². The van der Waals surface area contributed by atoms with Gasteiger partial charge in [0.2, 0.25) is 28.5 Å². The third-order valence-corrected chi connectivity index (χ3v) is 28.0. The second-order valence-electron chi connectivity index (χ2n) is 40.6. The van der Waals surface area contributed by atoms with Crippen LogP contribution in [0.3, 0.4) is 0 Å². The highest BCUT2D eigenvalue weighted by Crippen LogP contribution is 2.65. The molecule has 5 nitrogen and oxygen atoms in total. The van der Waals surface area contributed by atoms with E-state index in [1.165, 1.54) is 146 Å². The van der Waals surface area contributed by atoms with Gasteiger partial charge in [0.25, 0.3) is 0 Å². The van der Waals surface area contributed by atoms with Gasteiger partial charge in [0.15, 0.2) is 31.0 Å². The molecule has 2 atom stereocenters. The Balaban J connectivity index is 0.000000138. The van der Waals surface area contributed by atoms with Crippen LogP contribution in [-0.4, -0.2) is 0 Å². The van der Waals surface area contributed by atoms with E-state index in [0.717, 1.165) is 44.8 Å². The lowest BCUT2D eigenvalue weighted by Gasteiger charge is -2.42. The summed E-state index contributed by atoms with van der Waals surface area (Å²) in [4.78, 5) is 0. The van der Waals surface area contributed by atoms with Crippen LogP contribution in [0.25, 0.3) is 56.3 Å². The van der Waals surface area contributed by atoms with Crippen LogP contribution in [0.15, 0.2) is 164 Å². The molecule has 0 radical (unpaired) electrons. The Morgan fingerprint density at radius 3 is 1.05 bits per heavy atom. The summed E-state index contributed by atoms with van der Waals surface area (Å²) >= 11 is 0. The molecule has 0 aliphatic heterocycles. The average Bonchev–Trinajstić information content (AvgIpc) is 1.49. The summed E-state index contributed by atoms with van der Waals surface area (Å²) in [7, 11) is 10.5. The van der Waals surface area contributed by atoms with Gasteiger partial charge in [0.1, 0.15) is 35.2 Å². The molecule has 0 saturated heterocycles. The van der Waals surface area contributed by atoms with E-state index in [2.05, 4.69) is 301 Å². The molecule has 5 aromatic carbocycles. The van der Waals surface area contributed by atoms with Crippen molar-refractivity contribution in [2.45, 2.75) is 299 Å². The molecule has 5 aromatic heterocycles. The van der Waals surface area contributed by atoms with Gasteiger partial charge in [0, 0.05) is 97.4 Å². The summed E-state index contributed by atoms with van der Waals surface area (Å²) < 4.78 is 75.5. The van der Waals surface area contributed by atoms with Crippen LogP contribution in [0.2, 0.25) is 0 Å². The van der Waals surface area contributed by atoms with Gasteiger partial charge in [-0.05, 0) is 278 Å². The largest absolute Gasteiger partial charge is 0.216 e. The summed E-state index contributed by atoms with van der Waals surface area (Å²) in [6.07, 6.45) is 22.5. The van der Waals surface area contributed by atoms with Crippen LogP contribution in [0.4, 0.5) is 0 Å². The number of nitrogens with zero attached hydrogens (tertiary/aromatic N) is 5. The van der Waals surface area contributed by atoms with E-state index < -0.39 is 30.9 Å². The maximum atomic E-state index is 9.36. The lowest BCUT2D eigenvalue weighted by Crippen LogP contribution is -2.40. The second kappa shape index (κ2) is 30.2. The zero-order chi connectivity index (χ0) is 88.7. The van der Waals surface area contributed by atoms with Crippen molar-refractivity contribution < 1.29 is 33.8 Å². The molecule has 1 fully saturated rings. The van der Waals surface area contributed by atoms with Gasteiger partial charge < -0.3 is 0 Å². The maximum Gasteiger partial charge on any atom is 0.216 e. The molecule has 0 spiro atoms. The average molecular weight is 1510 g/mol. The molecule has 2 unspecified atom stereocenters. The van der Waals surface area contributed by atoms with Gasteiger partial charge in [0.05, 0.1) is 0 Å². The highest BCUT2D eigenvalue weighted by atomic mass is 15.0. The van der Waals surface area contributed by atoms with Gasteiger partial charge in [-0.15, -0.1) is 0 Å². The topological polar surface area (TPSA) is 19.4 Å². The van der Waals surface area contributed by atoms with Crippen molar-refractivity contribution in [2.75, 3.05) is 0 Å². The minimum Gasteiger partial charge on any atom is -0.201 e. The Labute approximate surface area is 690 Å². The highest BCUT2D eigenvalue weighted by Gasteiger charge is 2.54. The van der Waals surface area contributed by atoms with E-state index in [1.54, 1.807) is 29.8 Å². The Kier molecular flexibility index (Phi) is 19.6. The molecule has 2 bridgehead atoms. The first-order chi connectivity index (χ1) is 55.2. The molecule has 6 aliphatic rings. The molecule has 5 heteroatoms. The number of rotatable bonds is 5. The van der Waals surface area contributed by atoms with Crippen molar-refractivity contribution in [3.05, 3.63) is 265 Å². The van der Waals surface area contributed by atoms with Crippen molar-refractivity contribution in [3.8, 4) is 56.3 Å². The first-order valence-corrected chi connectivity index (χ1v) is 41.9. The van der Waals surface area contributed by atoms with E-state index in [4.69, 9.17) is 8.22 Å². The third kappa shape index (κ3) is 15.9. The van der Waals surface area contributed by atoms with Crippen LogP contribution < -0.4 is 22.8 Å². The molecule has 1 saturated carbocycles. The van der Waals surface area contributed by atoms with Crippen LogP contribution >= 0.6 is 0 Å². The Morgan fingerprint density at radius 1 is 0.295 bits per heavy atom. The first kappa shape index (κ1) is 72.8. The monoisotopic (exact) mass is 1510 g/mol. The normalized spacial score (nSPS) is 22.4. The molecule has 590 valence electrons. The van der Waals surface area contributed by atoms with E-state index in [-0.39, 0.29) is 43.3 Å². The summed E-state index contributed by atoms with van der Waals surface area (Å²) in [5, 5.41) is 0. The summed E-state index contributed by atoms with van der Waals surface area (Å²) in [6.45, 7) is 50.7. The Morgan fingerprint density at radius 2 is 0.643 bits per heavy atom. The van der Waals surface area contributed by atoms with Gasteiger partial charge in [-0.25, -0.2) is 22.8 Å². The lowest BCUT2D eigenvalue weighted by atomic mass is 9.62. The summed E-state index contributed by atoms with van der Waals surface area (Å²) in [5.74, 6) is -1.56. The van der Waals surface area contributed by atoms with Gasteiger partial charge >= 0.3 is 0 Å². The summed E-state index contributed by atoms with van der Waals surface area (Å²) in [6, 6.07) is 46.8. The Hall–Kier alpha value is -8.15. The molecule has 16 rings (SSSR count).